The molecule has 0 amide bonds. The van der Waals surface area contributed by atoms with Gasteiger partial charge in [-0.25, -0.2) is 14.8 Å². The summed E-state index contributed by atoms with van der Waals surface area (Å²) in [5.74, 6) is 0. The second-order valence-corrected chi connectivity index (χ2v) is 10.1. The van der Waals surface area contributed by atoms with Gasteiger partial charge in [-0.1, -0.05) is 0 Å². The standard InChI is InChI=1S/C25H28N8O3/c1-25(2,36)23(34)32-8-6-16(7-9-32)33-21-19(31(3)24(33)35)13-26-18-5-4-17(29-20(18)21)14-10-15-12-28-30-22(15)27-11-14/h4-5,10-13,16,23,34,36H,6-9H2,1-3H3,(H,27,28,30). The van der Waals surface area contributed by atoms with Gasteiger partial charge in [-0.3, -0.25) is 24.1 Å². The van der Waals surface area contributed by atoms with Crippen molar-refractivity contribution in [2.24, 2.45) is 7.05 Å². The number of pyridine rings is 3. The molecule has 1 saturated heterocycles. The lowest BCUT2D eigenvalue weighted by molar-refractivity contribution is -0.137. The highest BCUT2D eigenvalue weighted by Gasteiger charge is 2.34. The zero-order valence-corrected chi connectivity index (χ0v) is 20.4. The molecule has 6 heterocycles. The average Bonchev–Trinajstić information content (AvgIpc) is 3.45. The molecule has 1 aliphatic heterocycles. The Balaban J connectivity index is 1.45. The highest BCUT2D eigenvalue weighted by Crippen LogP contribution is 2.31. The van der Waals surface area contributed by atoms with Crippen LogP contribution < -0.4 is 5.69 Å². The third kappa shape index (κ3) is 3.58. The van der Waals surface area contributed by atoms with Crippen LogP contribution in [0.2, 0.25) is 0 Å². The van der Waals surface area contributed by atoms with E-state index >= 15 is 0 Å². The minimum Gasteiger partial charge on any atom is -0.386 e. The van der Waals surface area contributed by atoms with Crippen LogP contribution in [0.5, 0.6) is 0 Å². The maximum atomic E-state index is 13.4. The van der Waals surface area contributed by atoms with E-state index in [1.54, 1.807) is 44.1 Å². The number of likely N-dealkylation sites (tertiary alicyclic amines) is 1. The molecule has 11 heteroatoms. The SMILES string of the molecule is Cn1c(=O)n(C2CCN(C(O)C(C)(C)O)CC2)c2c3nc(-c4cnc5[nH]ncc5c4)ccc3ncc21. The van der Waals surface area contributed by atoms with E-state index < -0.39 is 11.8 Å². The van der Waals surface area contributed by atoms with Gasteiger partial charge in [0.05, 0.1) is 40.2 Å². The van der Waals surface area contributed by atoms with Gasteiger partial charge in [-0.15, -0.1) is 0 Å². The van der Waals surface area contributed by atoms with Crippen LogP contribution in [0.4, 0.5) is 0 Å². The third-order valence-corrected chi connectivity index (χ3v) is 7.19. The molecule has 0 radical (unpaired) electrons. The summed E-state index contributed by atoms with van der Waals surface area (Å²) in [6.07, 6.45) is 5.57. The first-order valence-corrected chi connectivity index (χ1v) is 12.0. The molecule has 36 heavy (non-hydrogen) atoms. The topological polar surface area (TPSA) is 138 Å². The Morgan fingerprint density at radius 1 is 1.14 bits per heavy atom. The number of aliphatic hydroxyl groups excluding tert-OH is 1. The normalized spacial score (nSPS) is 16.9. The van der Waals surface area contributed by atoms with E-state index in [-0.39, 0.29) is 11.7 Å². The van der Waals surface area contributed by atoms with Crippen molar-refractivity contribution in [2.75, 3.05) is 13.1 Å². The third-order valence-electron chi connectivity index (χ3n) is 7.19. The molecule has 1 aliphatic rings. The van der Waals surface area contributed by atoms with E-state index in [4.69, 9.17) is 4.98 Å². The number of hydrogen-bond donors (Lipinski definition) is 3. The molecule has 0 spiro atoms. The van der Waals surface area contributed by atoms with Gasteiger partial charge in [0.1, 0.15) is 11.7 Å². The van der Waals surface area contributed by atoms with Gasteiger partial charge in [0.2, 0.25) is 0 Å². The van der Waals surface area contributed by atoms with Crippen molar-refractivity contribution >= 4 is 33.1 Å². The second kappa shape index (κ2) is 8.19. The van der Waals surface area contributed by atoms with Crippen LogP contribution in [-0.2, 0) is 7.05 Å². The van der Waals surface area contributed by atoms with Gasteiger partial charge < -0.3 is 10.2 Å². The van der Waals surface area contributed by atoms with Gasteiger partial charge in [-0.05, 0) is 44.9 Å². The number of H-pyrrole nitrogens is 1. The molecule has 6 rings (SSSR count). The summed E-state index contributed by atoms with van der Waals surface area (Å²) in [5, 5.41) is 28.5. The molecular formula is C25H28N8O3. The first-order valence-electron chi connectivity index (χ1n) is 12.0. The smallest absolute Gasteiger partial charge is 0.329 e. The lowest BCUT2D eigenvalue weighted by Gasteiger charge is -2.39. The summed E-state index contributed by atoms with van der Waals surface area (Å²) in [7, 11) is 1.75. The zero-order chi connectivity index (χ0) is 25.2. The number of hydrogen-bond acceptors (Lipinski definition) is 8. The molecule has 186 valence electrons. The lowest BCUT2D eigenvalue weighted by atomic mass is 10.0. The fourth-order valence-electron chi connectivity index (χ4n) is 5.20. The van der Waals surface area contributed by atoms with Crippen molar-refractivity contribution < 1.29 is 10.2 Å². The number of nitrogens with zero attached hydrogens (tertiary/aromatic N) is 7. The lowest BCUT2D eigenvalue weighted by Crippen LogP contribution is -2.52. The number of rotatable bonds is 4. The van der Waals surface area contributed by atoms with Gasteiger partial charge in [0.25, 0.3) is 0 Å². The number of nitrogens with one attached hydrogen (secondary N) is 1. The van der Waals surface area contributed by atoms with Crippen molar-refractivity contribution in [1.82, 2.24) is 39.2 Å². The molecular weight excluding hydrogens is 460 g/mol. The first kappa shape index (κ1) is 22.8. The molecule has 1 fully saturated rings. The van der Waals surface area contributed by atoms with Crippen LogP contribution in [0, 0.1) is 0 Å². The molecule has 0 bridgehead atoms. The summed E-state index contributed by atoms with van der Waals surface area (Å²) < 4.78 is 3.45. The van der Waals surface area contributed by atoms with E-state index in [1.807, 2.05) is 27.7 Å². The Morgan fingerprint density at radius 2 is 1.92 bits per heavy atom. The summed E-state index contributed by atoms with van der Waals surface area (Å²) in [4.78, 5) is 29.3. The molecule has 0 aromatic carbocycles. The second-order valence-electron chi connectivity index (χ2n) is 10.1. The number of aromatic nitrogens is 7. The Bertz CT molecular complexity index is 1650. The Morgan fingerprint density at radius 3 is 2.67 bits per heavy atom. The van der Waals surface area contributed by atoms with Gasteiger partial charge in [-0.2, -0.15) is 5.10 Å². The minimum absolute atomic E-state index is 0.0635. The summed E-state index contributed by atoms with van der Waals surface area (Å²) in [6, 6.07) is 5.74. The highest BCUT2D eigenvalue weighted by atomic mass is 16.4. The predicted molar refractivity (Wildman–Crippen MR) is 135 cm³/mol. The van der Waals surface area contributed by atoms with Gasteiger partial charge in [0, 0.05) is 43.3 Å². The number of aromatic amines is 1. The molecule has 5 aromatic rings. The summed E-state index contributed by atoms with van der Waals surface area (Å²) in [5.41, 5.74) is 3.80. The number of fused-ring (bicyclic) bond motifs is 4. The fourth-order valence-corrected chi connectivity index (χ4v) is 5.20. The molecule has 11 nitrogen and oxygen atoms in total. The van der Waals surface area contributed by atoms with Crippen LogP contribution in [-0.4, -0.2) is 74.3 Å². The molecule has 1 atom stereocenters. The van der Waals surface area contributed by atoms with Gasteiger partial charge >= 0.3 is 5.69 Å². The largest absolute Gasteiger partial charge is 0.386 e. The highest BCUT2D eigenvalue weighted by molar-refractivity contribution is 6.00. The minimum atomic E-state index is -1.22. The van der Waals surface area contributed by atoms with Crippen molar-refractivity contribution in [1.29, 1.82) is 0 Å². The van der Waals surface area contributed by atoms with Crippen molar-refractivity contribution in [3.05, 3.63) is 47.3 Å². The Kier molecular flexibility index (Phi) is 5.18. The Hall–Kier alpha value is -3.67. The van der Waals surface area contributed by atoms with E-state index in [9.17, 15) is 15.0 Å². The first-order chi connectivity index (χ1) is 17.2. The van der Waals surface area contributed by atoms with Crippen LogP contribution in [0.3, 0.4) is 0 Å². The van der Waals surface area contributed by atoms with Crippen LogP contribution in [0.25, 0.3) is 44.4 Å². The average molecular weight is 489 g/mol. The monoisotopic (exact) mass is 488 g/mol. The van der Waals surface area contributed by atoms with Crippen LogP contribution >= 0.6 is 0 Å². The quantitative estimate of drug-likeness (QED) is 0.349. The molecule has 3 N–H and O–H groups in total. The van der Waals surface area contributed by atoms with E-state index in [1.165, 1.54) is 0 Å². The number of aryl methyl sites for hydroxylation is 1. The van der Waals surface area contributed by atoms with Crippen molar-refractivity contribution in [3.8, 4) is 11.3 Å². The molecule has 1 unspecified atom stereocenters. The van der Waals surface area contributed by atoms with Crippen LogP contribution in [0.1, 0.15) is 32.7 Å². The van der Waals surface area contributed by atoms with E-state index in [0.717, 1.165) is 27.7 Å². The number of piperidine rings is 1. The molecule has 5 aromatic heterocycles. The summed E-state index contributed by atoms with van der Waals surface area (Å²) in [6.45, 7) is 4.33. The fraction of sp³-hybridized carbons (Fsp3) is 0.400. The Labute approximate surface area is 206 Å². The molecule has 0 aliphatic carbocycles. The maximum absolute atomic E-state index is 13.4. The van der Waals surface area contributed by atoms with Crippen molar-refractivity contribution in [3.63, 3.8) is 0 Å². The van der Waals surface area contributed by atoms with Crippen LogP contribution in [0.15, 0.2) is 41.6 Å². The summed E-state index contributed by atoms with van der Waals surface area (Å²) >= 11 is 0. The predicted octanol–water partition coefficient (Wildman–Crippen LogP) is 1.95. The van der Waals surface area contributed by atoms with Crippen molar-refractivity contribution in [2.45, 2.75) is 44.6 Å². The van der Waals surface area contributed by atoms with E-state index in [0.29, 0.717) is 42.6 Å². The van der Waals surface area contributed by atoms with E-state index in [2.05, 4.69) is 20.2 Å². The zero-order valence-electron chi connectivity index (χ0n) is 20.4. The van der Waals surface area contributed by atoms with Gasteiger partial charge in [0.15, 0.2) is 5.65 Å². The number of aliphatic hydroxyl groups is 2. The molecule has 0 saturated carbocycles. The number of imidazole rings is 1. The maximum Gasteiger partial charge on any atom is 0.329 e.